The van der Waals surface area contributed by atoms with E-state index in [9.17, 15) is 0 Å². The fraction of sp³-hybridized carbons (Fsp3) is 0.333. The number of pyridine rings is 1. The number of hydrogen-bond acceptors (Lipinski definition) is 5. The van der Waals surface area contributed by atoms with Crippen molar-refractivity contribution in [3.63, 3.8) is 0 Å². The van der Waals surface area contributed by atoms with Gasteiger partial charge in [-0.25, -0.2) is 0 Å². The van der Waals surface area contributed by atoms with E-state index in [0.717, 1.165) is 29.6 Å². The van der Waals surface area contributed by atoms with Gasteiger partial charge in [-0.05, 0) is 37.9 Å². The summed E-state index contributed by atoms with van der Waals surface area (Å²) in [4.78, 5) is 8.55. The zero-order chi connectivity index (χ0) is 14.7. The van der Waals surface area contributed by atoms with Crippen LogP contribution in [0.25, 0.3) is 10.9 Å². The summed E-state index contributed by atoms with van der Waals surface area (Å²) < 4.78 is 0. The summed E-state index contributed by atoms with van der Waals surface area (Å²) in [5, 5.41) is 13.2. The Morgan fingerprint density at radius 1 is 1.14 bits per heavy atom. The average molecular weight is 282 g/mol. The van der Waals surface area contributed by atoms with E-state index in [2.05, 4.69) is 46.5 Å². The van der Waals surface area contributed by atoms with E-state index in [1.807, 2.05) is 24.3 Å². The predicted molar refractivity (Wildman–Crippen MR) is 80.9 cm³/mol. The van der Waals surface area contributed by atoms with E-state index < -0.39 is 0 Å². The molecule has 3 aromatic rings. The highest BCUT2D eigenvalue weighted by atomic mass is 15.6. The molecule has 0 N–H and O–H groups in total. The van der Waals surface area contributed by atoms with Gasteiger partial charge in [0.1, 0.15) is 6.04 Å². The number of para-hydroxylation sites is 1. The zero-order valence-electron chi connectivity index (χ0n) is 12.2. The molecule has 0 aliphatic rings. The Morgan fingerprint density at radius 3 is 2.76 bits per heavy atom. The minimum Gasteiger partial charge on any atom is -0.309 e. The summed E-state index contributed by atoms with van der Waals surface area (Å²) in [7, 11) is 4.11. The van der Waals surface area contributed by atoms with Crippen LogP contribution in [-0.4, -0.2) is 50.7 Å². The van der Waals surface area contributed by atoms with E-state index in [1.165, 1.54) is 6.33 Å². The van der Waals surface area contributed by atoms with Crippen LogP contribution in [0, 0.1) is 0 Å². The van der Waals surface area contributed by atoms with Crippen molar-refractivity contribution in [3.8, 4) is 0 Å². The maximum absolute atomic E-state index is 4.76. The molecule has 108 valence electrons. The van der Waals surface area contributed by atoms with Crippen LogP contribution in [0.3, 0.4) is 0 Å². The lowest BCUT2D eigenvalue weighted by atomic mass is 10.1. The lowest BCUT2D eigenvalue weighted by molar-refractivity contribution is 0.336. The van der Waals surface area contributed by atoms with Crippen molar-refractivity contribution >= 4 is 10.9 Å². The average Bonchev–Trinajstić information content (AvgIpc) is 3.01. The highest BCUT2D eigenvalue weighted by molar-refractivity contribution is 5.78. The Balaban J connectivity index is 1.97. The molecule has 0 aliphatic carbocycles. The Kier molecular flexibility index (Phi) is 3.87. The molecule has 1 atom stereocenters. The largest absolute Gasteiger partial charge is 0.309 e. The second-order valence-corrected chi connectivity index (χ2v) is 5.29. The molecule has 21 heavy (non-hydrogen) atoms. The van der Waals surface area contributed by atoms with Crippen molar-refractivity contribution in [2.45, 2.75) is 12.5 Å². The monoisotopic (exact) mass is 282 g/mol. The van der Waals surface area contributed by atoms with E-state index in [-0.39, 0.29) is 6.04 Å². The number of fused-ring (bicyclic) bond motifs is 1. The van der Waals surface area contributed by atoms with Gasteiger partial charge in [0.2, 0.25) is 0 Å². The van der Waals surface area contributed by atoms with Crippen LogP contribution in [0.4, 0.5) is 0 Å². The first kappa shape index (κ1) is 13.6. The van der Waals surface area contributed by atoms with Gasteiger partial charge in [0, 0.05) is 11.9 Å². The second-order valence-electron chi connectivity index (χ2n) is 5.29. The smallest absolute Gasteiger partial charge is 0.162 e. The minimum absolute atomic E-state index is 0.000457. The van der Waals surface area contributed by atoms with Crippen molar-refractivity contribution < 1.29 is 0 Å². The Hall–Kier alpha value is -2.34. The molecule has 1 unspecified atom stereocenters. The lowest BCUT2D eigenvalue weighted by Gasteiger charge is -2.18. The fourth-order valence-electron chi connectivity index (χ4n) is 2.35. The molecule has 0 spiro atoms. The predicted octanol–water partition coefficient (Wildman–Crippen LogP) is 1.76. The van der Waals surface area contributed by atoms with E-state index in [0.29, 0.717) is 0 Å². The van der Waals surface area contributed by atoms with Gasteiger partial charge < -0.3 is 4.90 Å². The van der Waals surface area contributed by atoms with Crippen LogP contribution in [-0.2, 0) is 0 Å². The van der Waals surface area contributed by atoms with Crippen molar-refractivity contribution in [1.82, 2.24) is 30.1 Å². The van der Waals surface area contributed by atoms with Gasteiger partial charge in [-0.3, -0.25) is 4.98 Å². The minimum atomic E-state index is -0.000457. The molecule has 1 aromatic carbocycles. The van der Waals surface area contributed by atoms with Gasteiger partial charge in [-0.15, -0.1) is 10.2 Å². The maximum Gasteiger partial charge on any atom is 0.162 e. The van der Waals surface area contributed by atoms with Gasteiger partial charge in [0.05, 0.1) is 11.2 Å². The third-order valence-electron chi connectivity index (χ3n) is 3.45. The highest BCUT2D eigenvalue weighted by Crippen LogP contribution is 2.21. The number of aromatic nitrogens is 5. The molecule has 2 heterocycles. The van der Waals surface area contributed by atoms with Gasteiger partial charge in [0.15, 0.2) is 6.33 Å². The van der Waals surface area contributed by atoms with Crippen molar-refractivity contribution in [2.75, 3.05) is 20.6 Å². The van der Waals surface area contributed by atoms with Crippen LogP contribution < -0.4 is 0 Å². The molecular formula is C15H18N6. The quantitative estimate of drug-likeness (QED) is 0.713. The van der Waals surface area contributed by atoms with Crippen LogP contribution in [0.2, 0.25) is 0 Å². The molecule has 2 aromatic heterocycles. The van der Waals surface area contributed by atoms with Crippen LogP contribution in [0.15, 0.2) is 42.7 Å². The molecule has 0 amide bonds. The number of benzene rings is 1. The van der Waals surface area contributed by atoms with Gasteiger partial charge in [-0.2, -0.15) is 4.80 Å². The second kappa shape index (κ2) is 5.97. The third kappa shape index (κ3) is 3.05. The molecule has 0 saturated carbocycles. The van der Waals surface area contributed by atoms with Crippen LogP contribution >= 0.6 is 0 Å². The molecule has 0 aliphatic heterocycles. The van der Waals surface area contributed by atoms with E-state index >= 15 is 0 Å². The number of hydrogen-bond donors (Lipinski definition) is 0. The van der Waals surface area contributed by atoms with Gasteiger partial charge >= 0.3 is 0 Å². The highest BCUT2D eigenvalue weighted by Gasteiger charge is 2.18. The molecular weight excluding hydrogens is 264 g/mol. The van der Waals surface area contributed by atoms with Crippen molar-refractivity contribution in [1.29, 1.82) is 0 Å². The van der Waals surface area contributed by atoms with E-state index in [1.54, 1.807) is 4.80 Å². The first-order valence-corrected chi connectivity index (χ1v) is 6.97. The van der Waals surface area contributed by atoms with Gasteiger partial charge in [0.25, 0.3) is 0 Å². The lowest BCUT2D eigenvalue weighted by Crippen LogP contribution is -2.22. The SMILES string of the molecule is CN(C)CCC(c1ccc2ccccc2n1)n1ncnn1. The molecule has 0 saturated heterocycles. The summed E-state index contributed by atoms with van der Waals surface area (Å²) in [5.74, 6) is 0. The van der Waals surface area contributed by atoms with Crippen molar-refractivity contribution in [2.24, 2.45) is 0 Å². The number of tetrazole rings is 1. The van der Waals surface area contributed by atoms with Crippen molar-refractivity contribution in [3.05, 3.63) is 48.4 Å². The zero-order valence-corrected chi connectivity index (χ0v) is 12.2. The molecule has 6 nitrogen and oxygen atoms in total. The standard InChI is InChI=1S/C15H18N6/c1-20(2)10-9-15(21-17-11-16-19-21)14-8-7-12-5-3-4-6-13(12)18-14/h3-8,11,15H,9-10H2,1-2H3. The number of nitrogens with zero attached hydrogens (tertiary/aromatic N) is 6. The van der Waals surface area contributed by atoms with Crippen LogP contribution in [0.5, 0.6) is 0 Å². The Bertz CT molecular complexity index is 707. The Morgan fingerprint density at radius 2 is 2.00 bits per heavy atom. The first-order chi connectivity index (χ1) is 10.2. The molecule has 6 heteroatoms. The summed E-state index contributed by atoms with van der Waals surface area (Å²) >= 11 is 0. The fourth-order valence-corrected chi connectivity index (χ4v) is 2.35. The Labute approximate surface area is 123 Å². The summed E-state index contributed by atoms with van der Waals surface area (Å²) in [6.07, 6.45) is 2.35. The third-order valence-corrected chi connectivity index (χ3v) is 3.45. The summed E-state index contributed by atoms with van der Waals surface area (Å²) in [6.45, 7) is 0.931. The topological polar surface area (TPSA) is 59.7 Å². The maximum atomic E-state index is 4.76. The number of rotatable bonds is 5. The summed E-state index contributed by atoms with van der Waals surface area (Å²) in [5.41, 5.74) is 1.96. The van der Waals surface area contributed by atoms with Crippen LogP contribution in [0.1, 0.15) is 18.2 Å². The molecule has 0 radical (unpaired) electrons. The summed E-state index contributed by atoms with van der Waals surface area (Å²) in [6, 6.07) is 12.3. The normalized spacial score (nSPS) is 12.9. The molecule has 3 rings (SSSR count). The van der Waals surface area contributed by atoms with E-state index in [4.69, 9.17) is 4.98 Å². The first-order valence-electron chi connectivity index (χ1n) is 6.97. The molecule has 0 fully saturated rings. The molecule has 0 bridgehead atoms. The van der Waals surface area contributed by atoms with Gasteiger partial charge in [-0.1, -0.05) is 24.3 Å².